The Kier molecular flexibility index (Phi) is 2.98. The summed E-state index contributed by atoms with van der Waals surface area (Å²) in [6.07, 6.45) is 1.34. The van der Waals surface area contributed by atoms with Crippen molar-refractivity contribution in [2.45, 2.75) is 39.3 Å². The predicted octanol–water partition coefficient (Wildman–Crippen LogP) is 3.23. The number of nitrogens with one attached hydrogen (secondary N) is 1. The Morgan fingerprint density at radius 2 is 2.20 bits per heavy atom. The van der Waals surface area contributed by atoms with E-state index >= 15 is 0 Å². The van der Waals surface area contributed by atoms with Crippen LogP contribution in [0.25, 0.3) is 0 Å². The molecule has 0 aromatic heterocycles. The van der Waals surface area contributed by atoms with Gasteiger partial charge in [-0.15, -0.1) is 0 Å². The van der Waals surface area contributed by atoms with E-state index in [9.17, 15) is 4.39 Å². The van der Waals surface area contributed by atoms with Gasteiger partial charge >= 0.3 is 0 Å². The summed E-state index contributed by atoms with van der Waals surface area (Å²) >= 11 is 0. The van der Waals surface area contributed by atoms with Crippen LogP contribution in [0, 0.1) is 35.4 Å². The Balaban J connectivity index is 1.89. The van der Waals surface area contributed by atoms with Crippen molar-refractivity contribution in [2.75, 3.05) is 11.9 Å². The van der Waals surface area contributed by atoms with Gasteiger partial charge in [-0.1, -0.05) is 13.8 Å². The van der Waals surface area contributed by atoms with Crippen LogP contribution in [0.15, 0.2) is 12.1 Å². The highest BCUT2D eigenvalue weighted by atomic mass is 19.1. The number of halogens is 1. The van der Waals surface area contributed by atoms with Gasteiger partial charge in [-0.2, -0.15) is 5.26 Å². The van der Waals surface area contributed by atoms with Gasteiger partial charge in [0.2, 0.25) is 0 Å². The molecule has 3 atom stereocenters. The monoisotopic (exact) mass is 274 g/mol. The fraction of sp³-hybridized carbons (Fsp3) is 0.562. The van der Waals surface area contributed by atoms with Gasteiger partial charge in [-0.3, -0.25) is 0 Å². The first-order valence-electron chi connectivity index (χ1n) is 7.03. The number of rotatable bonds is 2. The molecule has 0 radical (unpaired) electrons. The highest BCUT2D eigenvalue weighted by molar-refractivity contribution is 5.57. The van der Waals surface area contributed by atoms with E-state index in [0.717, 1.165) is 18.7 Å². The van der Waals surface area contributed by atoms with Crippen molar-refractivity contribution in [3.05, 3.63) is 29.1 Å². The molecule has 1 saturated heterocycles. The summed E-state index contributed by atoms with van der Waals surface area (Å²) in [5.41, 5.74) is 1.69. The largest absolute Gasteiger partial charge is 0.381 e. The lowest BCUT2D eigenvalue weighted by molar-refractivity contribution is -0.0923. The zero-order valence-corrected chi connectivity index (χ0v) is 12.0. The summed E-state index contributed by atoms with van der Waals surface area (Å²) in [7, 11) is 0. The fourth-order valence-corrected chi connectivity index (χ4v) is 3.68. The standard InChI is InChI=1S/C16H19FN2O/c1-9-12(17)6-10(8-18)7-13(9)19-14-11-4-5-20-15(11)16(14,2)3/h6-7,11,14-15,19H,4-5H2,1-3H3. The number of benzene rings is 1. The third kappa shape index (κ3) is 1.81. The van der Waals surface area contributed by atoms with Crippen molar-refractivity contribution in [1.82, 2.24) is 0 Å². The molecular weight excluding hydrogens is 255 g/mol. The lowest BCUT2D eigenvalue weighted by Crippen LogP contribution is -2.63. The first kappa shape index (κ1) is 13.4. The van der Waals surface area contributed by atoms with Gasteiger partial charge in [0.15, 0.2) is 0 Å². The molecule has 0 amide bonds. The molecule has 1 aliphatic carbocycles. The Morgan fingerprint density at radius 1 is 1.45 bits per heavy atom. The van der Waals surface area contributed by atoms with E-state index in [1.165, 1.54) is 6.07 Å². The van der Waals surface area contributed by atoms with Crippen LogP contribution in [-0.2, 0) is 4.74 Å². The van der Waals surface area contributed by atoms with E-state index in [1.54, 1.807) is 13.0 Å². The SMILES string of the molecule is Cc1c(F)cc(C#N)cc1NC1C2CCOC2C1(C)C. The Bertz CT molecular complexity index is 591. The van der Waals surface area contributed by atoms with Crippen molar-refractivity contribution >= 4 is 5.69 Å². The minimum atomic E-state index is -0.331. The predicted molar refractivity (Wildman–Crippen MR) is 74.9 cm³/mol. The summed E-state index contributed by atoms with van der Waals surface area (Å²) in [4.78, 5) is 0. The number of hydrogen-bond acceptors (Lipinski definition) is 3. The van der Waals surface area contributed by atoms with Crippen LogP contribution >= 0.6 is 0 Å². The van der Waals surface area contributed by atoms with Crippen LogP contribution in [0.1, 0.15) is 31.4 Å². The fourth-order valence-electron chi connectivity index (χ4n) is 3.68. The van der Waals surface area contributed by atoms with Crippen molar-refractivity contribution < 1.29 is 9.13 Å². The Labute approximate surface area is 118 Å². The molecule has 1 aromatic carbocycles. The van der Waals surface area contributed by atoms with Crippen LogP contribution in [0.5, 0.6) is 0 Å². The zero-order chi connectivity index (χ0) is 14.5. The molecule has 1 N–H and O–H groups in total. The second-order valence-electron chi connectivity index (χ2n) is 6.43. The molecule has 106 valence electrons. The van der Waals surface area contributed by atoms with Crippen molar-refractivity contribution in [3.63, 3.8) is 0 Å². The first-order chi connectivity index (χ1) is 9.45. The summed E-state index contributed by atoms with van der Waals surface area (Å²) in [6.45, 7) is 6.91. The third-order valence-corrected chi connectivity index (χ3v) is 4.88. The molecule has 3 nitrogen and oxygen atoms in total. The van der Waals surface area contributed by atoms with Gasteiger partial charge in [-0.25, -0.2) is 4.39 Å². The van der Waals surface area contributed by atoms with Crippen molar-refractivity contribution in [2.24, 2.45) is 11.3 Å². The molecule has 2 aliphatic rings. The van der Waals surface area contributed by atoms with Gasteiger partial charge in [0.1, 0.15) is 5.82 Å². The smallest absolute Gasteiger partial charge is 0.129 e. The number of nitrogens with zero attached hydrogens (tertiary/aromatic N) is 1. The highest BCUT2D eigenvalue weighted by Crippen LogP contribution is 2.53. The van der Waals surface area contributed by atoms with Crippen molar-refractivity contribution in [3.8, 4) is 6.07 Å². The first-order valence-corrected chi connectivity index (χ1v) is 7.03. The summed E-state index contributed by atoms with van der Waals surface area (Å²) in [5, 5.41) is 12.4. The molecule has 0 spiro atoms. The number of ether oxygens (including phenoxy) is 1. The van der Waals surface area contributed by atoms with E-state index in [0.29, 0.717) is 23.1 Å². The topological polar surface area (TPSA) is 45.0 Å². The molecule has 3 rings (SSSR count). The van der Waals surface area contributed by atoms with Crippen LogP contribution in [0.3, 0.4) is 0 Å². The van der Waals surface area contributed by atoms with Crippen LogP contribution in [-0.4, -0.2) is 18.8 Å². The Hall–Kier alpha value is -1.60. The minimum Gasteiger partial charge on any atom is -0.381 e. The zero-order valence-electron chi connectivity index (χ0n) is 12.0. The lowest BCUT2D eigenvalue weighted by atomic mass is 9.57. The Morgan fingerprint density at radius 3 is 2.90 bits per heavy atom. The van der Waals surface area contributed by atoms with Crippen molar-refractivity contribution in [1.29, 1.82) is 5.26 Å². The second kappa shape index (κ2) is 4.46. The molecule has 2 fully saturated rings. The number of hydrogen-bond donors (Lipinski definition) is 1. The molecule has 20 heavy (non-hydrogen) atoms. The molecule has 4 heteroatoms. The number of anilines is 1. The molecule has 1 aromatic rings. The normalized spacial score (nSPS) is 30.2. The summed E-state index contributed by atoms with van der Waals surface area (Å²) < 4.78 is 19.6. The molecule has 0 bridgehead atoms. The van der Waals surface area contributed by atoms with Gasteiger partial charge in [-0.05, 0) is 25.5 Å². The van der Waals surface area contributed by atoms with Crippen LogP contribution in [0.2, 0.25) is 0 Å². The maximum absolute atomic E-state index is 13.8. The summed E-state index contributed by atoms with van der Waals surface area (Å²) in [6, 6.07) is 5.29. The maximum atomic E-state index is 13.8. The van der Waals surface area contributed by atoms with E-state index in [1.807, 2.05) is 6.07 Å². The van der Waals surface area contributed by atoms with Gasteiger partial charge < -0.3 is 10.1 Å². The molecule has 1 aliphatic heterocycles. The van der Waals surface area contributed by atoms with Crippen LogP contribution in [0.4, 0.5) is 10.1 Å². The third-order valence-electron chi connectivity index (χ3n) is 4.88. The lowest BCUT2D eigenvalue weighted by Gasteiger charge is -2.55. The second-order valence-corrected chi connectivity index (χ2v) is 6.43. The van der Waals surface area contributed by atoms with Gasteiger partial charge in [0.05, 0.1) is 17.7 Å². The van der Waals surface area contributed by atoms with Gasteiger partial charge in [0.25, 0.3) is 0 Å². The van der Waals surface area contributed by atoms with E-state index < -0.39 is 0 Å². The average Bonchev–Trinajstić information content (AvgIpc) is 2.86. The minimum absolute atomic E-state index is 0.0345. The number of fused-ring (bicyclic) bond motifs is 1. The van der Waals surface area contributed by atoms with Gasteiger partial charge in [0, 0.05) is 35.2 Å². The quantitative estimate of drug-likeness (QED) is 0.900. The molecular formula is C16H19FN2O. The van der Waals surface area contributed by atoms with E-state index in [4.69, 9.17) is 10.00 Å². The molecule has 3 unspecified atom stereocenters. The van der Waals surface area contributed by atoms with E-state index in [-0.39, 0.29) is 17.3 Å². The number of nitriles is 1. The summed E-state index contributed by atoms with van der Waals surface area (Å²) in [5.74, 6) is 0.154. The van der Waals surface area contributed by atoms with Crippen LogP contribution < -0.4 is 5.32 Å². The van der Waals surface area contributed by atoms with E-state index in [2.05, 4.69) is 19.2 Å². The molecule has 1 heterocycles. The average molecular weight is 274 g/mol. The molecule has 1 saturated carbocycles. The maximum Gasteiger partial charge on any atom is 0.129 e. The highest BCUT2D eigenvalue weighted by Gasteiger charge is 2.59.